The lowest BCUT2D eigenvalue weighted by molar-refractivity contribution is -0.385. The molecule has 0 fully saturated rings. The van der Waals surface area contributed by atoms with Gasteiger partial charge in [-0.25, -0.2) is 0 Å². The number of anilines is 1. The molecule has 0 heterocycles. The zero-order chi connectivity index (χ0) is 15.4. The van der Waals surface area contributed by atoms with Gasteiger partial charge in [-0.05, 0) is 24.3 Å². The molecule has 0 saturated heterocycles. The molecule has 21 heavy (non-hydrogen) atoms. The van der Waals surface area contributed by atoms with Crippen molar-refractivity contribution in [3.8, 4) is 11.5 Å². The van der Waals surface area contributed by atoms with E-state index in [1.807, 2.05) is 0 Å². The highest BCUT2D eigenvalue weighted by atomic mass is 35.5. The fraction of sp³-hybridized carbons (Fsp3) is 0.143. The van der Waals surface area contributed by atoms with E-state index in [2.05, 4.69) is 5.32 Å². The van der Waals surface area contributed by atoms with Crippen LogP contribution in [0, 0.1) is 10.1 Å². The lowest BCUT2D eigenvalue weighted by Crippen LogP contribution is -2.02. The third-order valence-electron chi connectivity index (χ3n) is 2.94. The maximum atomic E-state index is 11.0. The fourth-order valence-corrected chi connectivity index (χ4v) is 2.09. The predicted octanol–water partition coefficient (Wildman–Crippen LogP) is 3.57. The Balaban J connectivity index is 2.21. The zero-order valence-electron chi connectivity index (χ0n) is 11.2. The number of hydrogen-bond acceptors (Lipinski definition) is 5. The van der Waals surface area contributed by atoms with Crippen LogP contribution in [-0.2, 0) is 6.54 Å². The molecule has 0 unspecified atom stereocenters. The summed E-state index contributed by atoms with van der Waals surface area (Å²) in [5.74, 6) is 0.254. The quantitative estimate of drug-likeness (QED) is 0.651. The first-order valence-corrected chi connectivity index (χ1v) is 6.43. The molecule has 0 bridgehead atoms. The molecule has 2 aromatic carbocycles. The number of nitrogens with one attached hydrogen (secondary N) is 1. The number of ether oxygens (including phenoxy) is 1. The van der Waals surface area contributed by atoms with Crippen molar-refractivity contribution in [1.82, 2.24) is 0 Å². The number of halogens is 1. The molecule has 0 amide bonds. The van der Waals surface area contributed by atoms with Crippen molar-refractivity contribution in [2.45, 2.75) is 6.54 Å². The van der Waals surface area contributed by atoms with Gasteiger partial charge in [0.1, 0.15) is 5.75 Å². The van der Waals surface area contributed by atoms with Gasteiger partial charge in [0.2, 0.25) is 0 Å². The minimum atomic E-state index is -0.517. The Morgan fingerprint density at radius 2 is 2.14 bits per heavy atom. The van der Waals surface area contributed by atoms with Crippen molar-refractivity contribution in [2.24, 2.45) is 0 Å². The summed E-state index contributed by atoms with van der Waals surface area (Å²) in [6.45, 7) is 0.245. The molecule has 2 N–H and O–H groups in total. The molecule has 0 aromatic heterocycles. The van der Waals surface area contributed by atoms with E-state index in [9.17, 15) is 15.2 Å². The van der Waals surface area contributed by atoms with Crippen LogP contribution < -0.4 is 10.1 Å². The first-order chi connectivity index (χ1) is 10.0. The zero-order valence-corrected chi connectivity index (χ0v) is 11.9. The van der Waals surface area contributed by atoms with Crippen molar-refractivity contribution < 1.29 is 14.8 Å². The second-order valence-electron chi connectivity index (χ2n) is 4.23. The van der Waals surface area contributed by atoms with Crippen molar-refractivity contribution in [3.05, 3.63) is 57.1 Å². The summed E-state index contributed by atoms with van der Waals surface area (Å²) in [7, 11) is 1.37. The van der Waals surface area contributed by atoms with Crippen LogP contribution in [0.25, 0.3) is 0 Å². The van der Waals surface area contributed by atoms with Gasteiger partial charge >= 0.3 is 5.69 Å². The molecule has 0 aliphatic carbocycles. The number of phenols is 1. The van der Waals surface area contributed by atoms with Crippen LogP contribution in [0.1, 0.15) is 5.56 Å². The highest BCUT2D eigenvalue weighted by Crippen LogP contribution is 2.31. The number of nitrogens with zero attached hydrogens (tertiary/aromatic N) is 1. The Labute approximate surface area is 126 Å². The largest absolute Gasteiger partial charge is 0.508 e. The summed E-state index contributed by atoms with van der Waals surface area (Å²) in [6, 6.07) is 9.35. The van der Waals surface area contributed by atoms with Crippen LogP contribution in [0.4, 0.5) is 11.4 Å². The monoisotopic (exact) mass is 308 g/mol. The lowest BCUT2D eigenvalue weighted by atomic mass is 10.2. The van der Waals surface area contributed by atoms with E-state index in [0.717, 1.165) is 0 Å². The van der Waals surface area contributed by atoms with Crippen molar-refractivity contribution in [1.29, 1.82) is 0 Å². The Morgan fingerprint density at radius 1 is 1.38 bits per heavy atom. The first-order valence-electron chi connectivity index (χ1n) is 6.05. The Hall–Kier alpha value is -2.47. The van der Waals surface area contributed by atoms with Crippen molar-refractivity contribution in [3.63, 3.8) is 0 Å². The number of aromatic hydroxyl groups is 1. The summed E-state index contributed by atoms with van der Waals surface area (Å²) >= 11 is 6.00. The molecule has 0 radical (unpaired) electrons. The van der Waals surface area contributed by atoms with E-state index in [1.54, 1.807) is 18.2 Å². The fourth-order valence-electron chi connectivity index (χ4n) is 1.86. The number of methoxy groups -OCH3 is 1. The molecule has 2 aromatic rings. The van der Waals surface area contributed by atoms with E-state index >= 15 is 0 Å². The Morgan fingerprint density at radius 3 is 2.76 bits per heavy atom. The number of benzene rings is 2. The van der Waals surface area contributed by atoms with E-state index in [-0.39, 0.29) is 23.7 Å². The predicted molar refractivity (Wildman–Crippen MR) is 80.1 cm³/mol. The van der Waals surface area contributed by atoms with Gasteiger partial charge in [0.05, 0.1) is 12.0 Å². The van der Waals surface area contributed by atoms with Crippen LogP contribution >= 0.6 is 11.6 Å². The number of hydrogen-bond donors (Lipinski definition) is 2. The van der Waals surface area contributed by atoms with Gasteiger partial charge in [0.15, 0.2) is 5.75 Å². The summed E-state index contributed by atoms with van der Waals surface area (Å²) in [5.41, 5.74) is 0.922. The van der Waals surface area contributed by atoms with E-state index in [0.29, 0.717) is 16.3 Å². The minimum Gasteiger partial charge on any atom is -0.508 e. The van der Waals surface area contributed by atoms with Crippen LogP contribution in [-0.4, -0.2) is 17.1 Å². The number of phenolic OH excluding ortho intramolecular Hbond substituents is 1. The second kappa shape index (κ2) is 6.32. The normalized spacial score (nSPS) is 10.2. The van der Waals surface area contributed by atoms with Crippen molar-refractivity contribution in [2.75, 3.05) is 12.4 Å². The average Bonchev–Trinajstić information content (AvgIpc) is 2.46. The molecule has 0 aliphatic rings. The van der Waals surface area contributed by atoms with Crippen LogP contribution in [0.5, 0.6) is 11.5 Å². The summed E-state index contributed by atoms with van der Waals surface area (Å²) in [6.07, 6.45) is 0. The van der Waals surface area contributed by atoms with Crippen LogP contribution in [0.2, 0.25) is 5.02 Å². The summed E-state index contributed by atoms with van der Waals surface area (Å²) in [5, 5.41) is 24.1. The van der Waals surface area contributed by atoms with E-state index in [4.69, 9.17) is 16.3 Å². The molecule has 0 aliphatic heterocycles. The Kier molecular flexibility index (Phi) is 4.49. The summed E-state index contributed by atoms with van der Waals surface area (Å²) in [4.78, 5) is 10.4. The molecule has 0 atom stereocenters. The number of nitro groups is 1. The lowest BCUT2D eigenvalue weighted by Gasteiger charge is -2.10. The van der Waals surface area contributed by atoms with Gasteiger partial charge in [0.25, 0.3) is 0 Å². The van der Waals surface area contributed by atoms with Gasteiger partial charge in [-0.1, -0.05) is 17.7 Å². The minimum absolute atomic E-state index is 0.0676. The number of nitro benzene ring substituents is 1. The van der Waals surface area contributed by atoms with Crippen LogP contribution in [0.3, 0.4) is 0 Å². The van der Waals surface area contributed by atoms with Gasteiger partial charge in [0, 0.05) is 28.9 Å². The van der Waals surface area contributed by atoms with Crippen LogP contribution in [0.15, 0.2) is 36.4 Å². The molecule has 7 heteroatoms. The molecule has 6 nitrogen and oxygen atoms in total. The van der Waals surface area contributed by atoms with Gasteiger partial charge in [-0.3, -0.25) is 10.1 Å². The van der Waals surface area contributed by atoms with Gasteiger partial charge in [-0.2, -0.15) is 0 Å². The highest BCUT2D eigenvalue weighted by molar-refractivity contribution is 6.31. The maximum Gasteiger partial charge on any atom is 0.312 e. The van der Waals surface area contributed by atoms with Crippen molar-refractivity contribution >= 4 is 23.0 Å². The highest BCUT2D eigenvalue weighted by Gasteiger charge is 2.15. The van der Waals surface area contributed by atoms with E-state index in [1.165, 1.54) is 25.3 Å². The first kappa shape index (κ1) is 14.9. The molecule has 2 rings (SSSR count). The molecule has 0 spiro atoms. The average molecular weight is 309 g/mol. The van der Waals surface area contributed by atoms with E-state index < -0.39 is 4.92 Å². The number of rotatable bonds is 5. The second-order valence-corrected chi connectivity index (χ2v) is 4.64. The third kappa shape index (κ3) is 3.35. The Bertz CT molecular complexity index is 656. The summed E-state index contributed by atoms with van der Waals surface area (Å²) < 4.78 is 4.93. The van der Waals surface area contributed by atoms with Gasteiger partial charge < -0.3 is 15.2 Å². The van der Waals surface area contributed by atoms with Gasteiger partial charge in [-0.15, -0.1) is 0 Å². The SMILES string of the molecule is COc1ccc(NCc2c(O)cccc2Cl)cc1[N+](=O)[O-]. The smallest absolute Gasteiger partial charge is 0.312 e. The third-order valence-corrected chi connectivity index (χ3v) is 3.29. The molecular formula is C14H13ClN2O4. The molecule has 110 valence electrons. The topological polar surface area (TPSA) is 84.6 Å². The molecular weight excluding hydrogens is 296 g/mol. The maximum absolute atomic E-state index is 11.0. The standard InChI is InChI=1S/C14H13ClN2O4/c1-21-14-6-5-9(7-12(14)17(19)20)16-8-10-11(15)3-2-4-13(10)18/h2-7,16,18H,8H2,1H3. The molecule has 0 saturated carbocycles.